The molecule has 17 heteroatoms. The monoisotopic (exact) mass is 1030 g/mol. The Bertz CT molecular complexity index is 1430. The van der Waals surface area contributed by atoms with Gasteiger partial charge in [-0.15, -0.1) is 0 Å². The lowest BCUT2D eigenvalue weighted by Gasteiger charge is -2.20. The molecule has 0 aromatic heterocycles. The molecule has 2 rings (SSSR count). The van der Waals surface area contributed by atoms with E-state index in [1.807, 2.05) is 11.8 Å². The molecule has 70 heavy (non-hydrogen) atoms. The third kappa shape index (κ3) is 35.7. The molecule has 4 amide bonds. The highest BCUT2D eigenvalue weighted by atomic mass is 32.2. The van der Waals surface area contributed by atoms with Crippen LogP contribution < -0.4 is 21.3 Å². The van der Waals surface area contributed by atoms with Crippen molar-refractivity contribution in [2.75, 3.05) is 38.7 Å². The lowest BCUT2D eigenvalue weighted by molar-refractivity contribution is -0.161. The Morgan fingerprint density at radius 2 is 1.04 bits per heavy atom. The number of phosphoric ester groups is 1. The predicted octanol–water partition coefficient (Wildman–Crippen LogP) is 12.1. The SMILES string of the molecule is CCCCCCCCCCCCCCCC(=O)OCC(COP(=O)(O)OCCNC(=O)CCCCCNC(=O)CCCCC1SCC2NC(=O)NC21)OC(=O)CCCCCCCCCCCCCCC. The van der Waals surface area contributed by atoms with Gasteiger partial charge in [0.15, 0.2) is 6.10 Å². The molecule has 2 aliphatic rings. The quantitative estimate of drug-likeness (QED) is 0.0167. The summed E-state index contributed by atoms with van der Waals surface area (Å²) in [5.41, 5.74) is 0. The van der Waals surface area contributed by atoms with Crippen molar-refractivity contribution < 1.29 is 52.0 Å². The second-order valence-corrected chi connectivity index (χ2v) is 22.5. The van der Waals surface area contributed by atoms with Crippen LogP contribution in [0.25, 0.3) is 0 Å². The fraction of sp³-hybridized carbons (Fsp3) is 0.906. The number of unbranched alkanes of at least 4 members (excludes halogenated alkanes) is 27. The van der Waals surface area contributed by atoms with Gasteiger partial charge in [-0.3, -0.25) is 28.2 Å². The Morgan fingerprint density at radius 3 is 1.59 bits per heavy atom. The number of thioether (sulfide) groups is 1. The predicted molar refractivity (Wildman–Crippen MR) is 282 cm³/mol. The van der Waals surface area contributed by atoms with E-state index in [1.165, 1.54) is 116 Å². The molecule has 0 aromatic rings. The summed E-state index contributed by atoms with van der Waals surface area (Å²) < 4.78 is 34.0. The molecule has 408 valence electrons. The van der Waals surface area contributed by atoms with Crippen molar-refractivity contribution in [1.82, 2.24) is 21.3 Å². The van der Waals surface area contributed by atoms with Gasteiger partial charge in [-0.05, 0) is 38.5 Å². The van der Waals surface area contributed by atoms with E-state index in [2.05, 4.69) is 35.1 Å². The topological polar surface area (TPSA) is 208 Å². The normalized spacial score (nSPS) is 17.6. The minimum absolute atomic E-state index is 0.0106. The summed E-state index contributed by atoms with van der Waals surface area (Å²) in [6, 6.07) is 0.308. The average Bonchev–Trinajstić information content (AvgIpc) is 3.90. The lowest BCUT2D eigenvalue weighted by Crippen LogP contribution is -2.36. The number of hydrogen-bond donors (Lipinski definition) is 5. The minimum atomic E-state index is -4.59. The van der Waals surface area contributed by atoms with Crippen LogP contribution in [0.2, 0.25) is 0 Å². The molecular weight excluding hydrogens is 932 g/mol. The number of ether oxygens (including phenoxy) is 2. The van der Waals surface area contributed by atoms with Crippen LogP contribution in [0.1, 0.15) is 245 Å². The molecule has 0 bridgehead atoms. The number of amides is 4. The second-order valence-electron chi connectivity index (χ2n) is 19.8. The highest BCUT2D eigenvalue weighted by Gasteiger charge is 2.42. The Balaban J connectivity index is 1.59. The van der Waals surface area contributed by atoms with Gasteiger partial charge in [0.1, 0.15) is 6.61 Å². The van der Waals surface area contributed by atoms with Crippen molar-refractivity contribution >= 4 is 49.4 Å². The zero-order valence-electron chi connectivity index (χ0n) is 43.9. The maximum Gasteiger partial charge on any atom is 0.472 e. The average molecular weight is 1030 g/mol. The molecule has 0 saturated carbocycles. The molecule has 2 saturated heterocycles. The maximum absolute atomic E-state index is 12.8. The molecule has 5 atom stereocenters. The first-order valence-electron chi connectivity index (χ1n) is 28.2. The van der Waals surface area contributed by atoms with Gasteiger partial charge in [0.05, 0.1) is 25.3 Å². The summed E-state index contributed by atoms with van der Waals surface area (Å²) in [6.07, 6.45) is 36.0. The zero-order valence-corrected chi connectivity index (χ0v) is 45.6. The van der Waals surface area contributed by atoms with Crippen LogP contribution in [0.15, 0.2) is 0 Å². The van der Waals surface area contributed by atoms with E-state index in [9.17, 15) is 33.4 Å². The molecule has 15 nitrogen and oxygen atoms in total. The maximum atomic E-state index is 12.8. The molecule has 2 fully saturated rings. The third-order valence-corrected chi connectivity index (χ3v) is 15.8. The Hall–Kier alpha value is -2.39. The molecule has 0 aliphatic carbocycles. The van der Waals surface area contributed by atoms with Crippen molar-refractivity contribution in [2.24, 2.45) is 0 Å². The first kappa shape index (κ1) is 63.7. The largest absolute Gasteiger partial charge is 0.472 e. The van der Waals surface area contributed by atoms with Crippen LogP contribution >= 0.6 is 19.6 Å². The van der Waals surface area contributed by atoms with E-state index in [-0.39, 0.29) is 69.0 Å². The number of carbonyl (C=O) groups excluding carboxylic acids is 5. The fourth-order valence-electron chi connectivity index (χ4n) is 9.03. The van der Waals surface area contributed by atoms with Crippen LogP contribution in [-0.2, 0) is 42.3 Å². The van der Waals surface area contributed by atoms with E-state index in [4.69, 9.17) is 18.5 Å². The summed E-state index contributed by atoms with van der Waals surface area (Å²) >= 11 is 1.88. The Morgan fingerprint density at radius 1 is 0.586 bits per heavy atom. The van der Waals surface area contributed by atoms with E-state index in [0.29, 0.717) is 37.5 Å². The van der Waals surface area contributed by atoms with Gasteiger partial charge < -0.3 is 35.6 Å². The van der Waals surface area contributed by atoms with Gasteiger partial charge >= 0.3 is 25.8 Å². The number of rotatable bonds is 49. The molecule has 0 radical (unpaired) electrons. The summed E-state index contributed by atoms with van der Waals surface area (Å²) in [5.74, 6) is -0.174. The Labute approximate surface area is 428 Å². The number of hydrogen-bond acceptors (Lipinski definition) is 11. The second kappa shape index (κ2) is 43.1. The van der Waals surface area contributed by atoms with Gasteiger partial charge in [0.2, 0.25) is 11.8 Å². The number of esters is 2. The molecule has 0 spiro atoms. The molecule has 5 unspecified atom stereocenters. The Kier molecular flexibility index (Phi) is 39.2. The van der Waals surface area contributed by atoms with Crippen LogP contribution in [-0.4, -0.2) is 96.8 Å². The van der Waals surface area contributed by atoms with Gasteiger partial charge in [0.25, 0.3) is 0 Å². The standard InChI is InChI=1S/C53H99N4O11PS/c1-3-5-7-9-11-13-15-17-19-21-23-25-29-37-50(60)65-42-45(68-51(61)38-30-26-24-22-20-18-16-14-12-10-8-6-4-2)43-67-69(63,64)66-41-40-55-49(59)35-28-27-33-39-54-48(58)36-32-31-34-47-52-46(44-70-47)56-53(62)57-52/h45-47,52H,3-44H2,1-2H3,(H,54,58)(H,55,59)(H,63,64)(H2,56,57,62). The summed E-state index contributed by atoms with van der Waals surface area (Å²) in [6.45, 7) is 3.93. The van der Waals surface area contributed by atoms with E-state index < -0.39 is 32.5 Å². The van der Waals surface area contributed by atoms with E-state index in [0.717, 1.165) is 76.4 Å². The summed E-state index contributed by atoms with van der Waals surface area (Å²) in [7, 11) is -4.59. The number of nitrogens with one attached hydrogen (secondary N) is 4. The van der Waals surface area contributed by atoms with Gasteiger partial charge in [-0.2, -0.15) is 11.8 Å². The van der Waals surface area contributed by atoms with Gasteiger partial charge in [-0.25, -0.2) is 9.36 Å². The summed E-state index contributed by atoms with van der Waals surface area (Å²) in [4.78, 5) is 72.0. The molecule has 2 aliphatic heterocycles. The van der Waals surface area contributed by atoms with E-state index >= 15 is 0 Å². The van der Waals surface area contributed by atoms with Crippen molar-refractivity contribution in [3.05, 3.63) is 0 Å². The fourth-order valence-corrected chi connectivity index (χ4v) is 11.3. The smallest absolute Gasteiger partial charge is 0.462 e. The minimum Gasteiger partial charge on any atom is -0.462 e. The molecule has 2 heterocycles. The molecule has 5 N–H and O–H groups in total. The first-order valence-corrected chi connectivity index (χ1v) is 30.8. The van der Waals surface area contributed by atoms with Gasteiger partial charge in [0, 0.05) is 49.8 Å². The lowest BCUT2D eigenvalue weighted by atomic mass is 10.0. The van der Waals surface area contributed by atoms with Crippen molar-refractivity contribution in [2.45, 2.75) is 268 Å². The van der Waals surface area contributed by atoms with Crippen LogP contribution in [0, 0.1) is 0 Å². The molecular formula is C53H99N4O11PS. The highest BCUT2D eigenvalue weighted by Crippen LogP contribution is 2.43. The van der Waals surface area contributed by atoms with E-state index in [1.54, 1.807) is 0 Å². The highest BCUT2D eigenvalue weighted by molar-refractivity contribution is 8.00. The van der Waals surface area contributed by atoms with Crippen molar-refractivity contribution in [1.29, 1.82) is 0 Å². The molecule has 0 aromatic carbocycles. The number of carbonyl (C=O) groups is 5. The van der Waals surface area contributed by atoms with Crippen LogP contribution in [0.4, 0.5) is 4.79 Å². The number of fused-ring (bicyclic) bond motifs is 1. The zero-order chi connectivity index (χ0) is 50.8. The van der Waals surface area contributed by atoms with Crippen LogP contribution in [0.5, 0.6) is 0 Å². The van der Waals surface area contributed by atoms with Gasteiger partial charge in [-0.1, -0.05) is 181 Å². The van der Waals surface area contributed by atoms with Crippen LogP contribution in [0.3, 0.4) is 0 Å². The first-order chi connectivity index (χ1) is 34.0. The number of urea groups is 1. The summed E-state index contributed by atoms with van der Waals surface area (Å²) in [5, 5.41) is 12.0. The van der Waals surface area contributed by atoms with Crippen molar-refractivity contribution in [3.63, 3.8) is 0 Å². The van der Waals surface area contributed by atoms with Crippen molar-refractivity contribution in [3.8, 4) is 0 Å². The third-order valence-electron chi connectivity index (χ3n) is 13.3. The number of phosphoric acid groups is 1.